The molecule has 0 spiro atoms. The molecule has 0 aliphatic carbocycles. The van der Waals surface area contributed by atoms with E-state index >= 15 is 0 Å². The minimum absolute atomic E-state index is 0.231. The fourth-order valence-electron chi connectivity index (χ4n) is 1.28. The largest absolute Gasteiger partial charge is 0.319 e. The van der Waals surface area contributed by atoms with Gasteiger partial charge in [-0.25, -0.2) is 0 Å². The van der Waals surface area contributed by atoms with Gasteiger partial charge in [0.25, 0.3) is 5.91 Å². The molecule has 0 saturated heterocycles. The Kier molecular flexibility index (Phi) is 5.60. The molecule has 1 heterocycles. The van der Waals surface area contributed by atoms with E-state index in [4.69, 9.17) is 11.6 Å². The summed E-state index contributed by atoms with van der Waals surface area (Å²) in [7, 11) is 0. The van der Waals surface area contributed by atoms with Crippen molar-refractivity contribution < 1.29 is 4.79 Å². The van der Waals surface area contributed by atoms with Crippen LogP contribution in [0.3, 0.4) is 0 Å². The number of hydrogen-bond acceptors (Lipinski definition) is 3. The molecule has 0 aliphatic heterocycles. The van der Waals surface area contributed by atoms with Crippen molar-refractivity contribution in [1.82, 2.24) is 10.2 Å². The van der Waals surface area contributed by atoms with Crippen molar-refractivity contribution >= 4 is 91.0 Å². The van der Waals surface area contributed by atoms with E-state index in [1.54, 1.807) is 0 Å². The molecule has 2 aromatic rings. The Balaban J connectivity index is 2.26. The van der Waals surface area contributed by atoms with Gasteiger partial charge < -0.3 is 5.32 Å². The second-order valence-corrected chi connectivity index (χ2v) is 7.40. The third-order valence-corrected chi connectivity index (χ3v) is 4.64. The maximum Gasteiger partial charge on any atom is 0.276 e. The van der Waals surface area contributed by atoms with E-state index in [2.05, 4.69) is 83.3 Å². The Bertz CT molecular complexity index is 611. The Morgan fingerprint density at radius 1 is 1.11 bits per heavy atom. The summed E-state index contributed by atoms with van der Waals surface area (Å²) in [6.45, 7) is 0. The second kappa shape index (κ2) is 6.80. The van der Waals surface area contributed by atoms with Crippen LogP contribution in [0, 0.1) is 10.7 Å². The lowest BCUT2D eigenvalue weighted by Gasteiger charge is -2.09. The van der Waals surface area contributed by atoms with Crippen molar-refractivity contribution in [3.63, 3.8) is 0 Å². The SMILES string of the molecule is O=C(Nc1c(I)cc(I)cc1I)c1ccc(Cl)nn1. The Labute approximate surface area is 155 Å². The number of rotatable bonds is 2. The summed E-state index contributed by atoms with van der Waals surface area (Å²) in [4.78, 5) is 12.0. The van der Waals surface area contributed by atoms with Gasteiger partial charge in [-0.3, -0.25) is 4.79 Å². The molecule has 1 N–H and O–H groups in total. The zero-order valence-electron chi connectivity index (χ0n) is 9.12. The van der Waals surface area contributed by atoms with Gasteiger partial charge in [0, 0.05) is 10.7 Å². The fraction of sp³-hybridized carbons (Fsp3) is 0. The number of nitrogens with zero attached hydrogens (tertiary/aromatic N) is 2. The third-order valence-electron chi connectivity index (χ3n) is 2.11. The molecule has 1 amide bonds. The van der Waals surface area contributed by atoms with Gasteiger partial charge in [-0.1, -0.05) is 11.6 Å². The second-order valence-electron chi connectivity index (χ2n) is 3.44. The van der Waals surface area contributed by atoms with Gasteiger partial charge in [0.2, 0.25) is 0 Å². The number of benzene rings is 1. The van der Waals surface area contributed by atoms with Crippen LogP contribution in [-0.2, 0) is 0 Å². The van der Waals surface area contributed by atoms with Gasteiger partial charge >= 0.3 is 0 Å². The van der Waals surface area contributed by atoms with Crippen LogP contribution < -0.4 is 5.32 Å². The molecule has 0 atom stereocenters. The Hall–Kier alpha value is 0.250. The summed E-state index contributed by atoms with van der Waals surface area (Å²) in [6, 6.07) is 7.06. The first-order valence-electron chi connectivity index (χ1n) is 4.92. The quantitative estimate of drug-likeness (QED) is 0.519. The number of halogens is 4. The molecule has 1 aromatic carbocycles. The predicted molar refractivity (Wildman–Crippen MR) is 99.6 cm³/mol. The van der Waals surface area contributed by atoms with Crippen LogP contribution in [0.15, 0.2) is 24.3 Å². The van der Waals surface area contributed by atoms with Crippen LogP contribution in [0.1, 0.15) is 10.5 Å². The highest BCUT2D eigenvalue weighted by molar-refractivity contribution is 14.1. The minimum atomic E-state index is -0.304. The zero-order valence-corrected chi connectivity index (χ0v) is 16.4. The van der Waals surface area contributed by atoms with Crippen LogP contribution in [0.4, 0.5) is 5.69 Å². The number of amides is 1. The highest BCUT2D eigenvalue weighted by atomic mass is 127. The molecule has 98 valence electrons. The predicted octanol–water partition coefficient (Wildman–Crippen LogP) is 4.20. The smallest absolute Gasteiger partial charge is 0.276 e. The average molecular weight is 611 g/mol. The van der Waals surface area contributed by atoms with E-state index in [0.717, 1.165) is 16.4 Å². The number of hydrogen-bond donors (Lipinski definition) is 1. The van der Waals surface area contributed by atoms with Crippen molar-refractivity contribution in [3.8, 4) is 0 Å². The minimum Gasteiger partial charge on any atom is -0.319 e. The van der Waals surface area contributed by atoms with Crippen molar-refractivity contribution in [2.45, 2.75) is 0 Å². The highest BCUT2D eigenvalue weighted by Crippen LogP contribution is 2.27. The molecule has 2 rings (SSSR count). The average Bonchev–Trinajstić information content (AvgIpc) is 2.34. The lowest BCUT2D eigenvalue weighted by Crippen LogP contribution is -2.16. The molecule has 8 heteroatoms. The Morgan fingerprint density at radius 3 is 2.26 bits per heavy atom. The molecule has 0 fully saturated rings. The molecule has 0 saturated carbocycles. The molecule has 0 aliphatic rings. The first-order valence-corrected chi connectivity index (χ1v) is 8.54. The van der Waals surface area contributed by atoms with Crippen LogP contribution in [0.5, 0.6) is 0 Å². The maximum absolute atomic E-state index is 12.0. The number of nitrogens with one attached hydrogen (secondary N) is 1. The Morgan fingerprint density at radius 2 is 1.74 bits per heavy atom. The van der Waals surface area contributed by atoms with Gasteiger partial charge in [0.15, 0.2) is 10.8 Å². The zero-order chi connectivity index (χ0) is 14.0. The molecular formula is C11H5ClI3N3O. The van der Waals surface area contributed by atoms with E-state index in [1.165, 1.54) is 12.1 Å². The maximum atomic E-state index is 12.0. The van der Waals surface area contributed by atoms with Gasteiger partial charge in [0.05, 0.1) is 5.69 Å². The molecule has 1 aromatic heterocycles. The van der Waals surface area contributed by atoms with Gasteiger partial charge in [0.1, 0.15) is 0 Å². The molecular weight excluding hydrogens is 606 g/mol. The monoisotopic (exact) mass is 611 g/mol. The van der Waals surface area contributed by atoms with Gasteiger partial charge in [-0.15, -0.1) is 10.2 Å². The molecule has 4 nitrogen and oxygen atoms in total. The summed E-state index contributed by atoms with van der Waals surface area (Å²) in [5.74, 6) is -0.304. The fourth-order valence-corrected chi connectivity index (χ4v) is 5.23. The molecule has 0 bridgehead atoms. The summed E-state index contributed by atoms with van der Waals surface area (Å²) in [5.41, 5.74) is 1.01. The lowest BCUT2D eigenvalue weighted by atomic mass is 10.3. The lowest BCUT2D eigenvalue weighted by molar-refractivity contribution is 0.102. The third kappa shape index (κ3) is 4.11. The molecule has 0 unspecified atom stereocenters. The van der Waals surface area contributed by atoms with E-state index in [1.807, 2.05) is 12.1 Å². The van der Waals surface area contributed by atoms with E-state index in [-0.39, 0.29) is 16.8 Å². The van der Waals surface area contributed by atoms with Gasteiger partial charge in [-0.05, 0) is 92.0 Å². The summed E-state index contributed by atoms with van der Waals surface area (Å²) >= 11 is 12.2. The molecule has 0 radical (unpaired) electrons. The summed E-state index contributed by atoms with van der Waals surface area (Å²) < 4.78 is 3.07. The van der Waals surface area contributed by atoms with Crippen LogP contribution in [-0.4, -0.2) is 16.1 Å². The van der Waals surface area contributed by atoms with Crippen molar-refractivity contribution in [2.24, 2.45) is 0 Å². The number of carbonyl (C=O) groups excluding carboxylic acids is 1. The van der Waals surface area contributed by atoms with Crippen LogP contribution >= 0.6 is 79.4 Å². The van der Waals surface area contributed by atoms with Crippen LogP contribution in [0.2, 0.25) is 5.15 Å². The number of carbonyl (C=O) groups is 1. The summed E-state index contributed by atoms with van der Waals surface area (Å²) in [5, 5.41) is 10.5. The van der Waals surface area contributed by atoms with Crippen molar-refractivity contribution in [2.75, 3.05) is 5.32 Å². The normalized spacial score (nSPS) is 10.3. The first kappa shape index (κ1) is 15.6. The number of anilines is 1. The van der Waals surface area contributed by atoms with Crippen LogP contribution in [0.25, 0.3) is 0 Å². The topological polar surface area (TPSA) is 54.9 Å². The van der Waals surface area contributed by atoms with E-state index < -0.39 is 0 Å². The van der Waals surface area contributed by atoms with E-state index in [0.29, 0.717) is 0 Å². The molecule has 19 heavy (non-hydrogen) atoms. The first-order chi connectivity index (χ1) is 8.97. The summed E-state index contributed by atoms with van der Waals surface area (Å²) in [6.07, 6.45) is 0. The highest BCUT2D eigenvalue weighted by Gasteiger charge is 2.13. The van der Waals surface area contributed by atoms with Crippen molar-refractivity contribution in [1.29, 1.82) is 0 Å². The standard InChI is InChI=1S/C11H5ClI3N3O/c12-9-2-1-8(17-18-9)11(19)16-10-6(14)3-5(13)4-7(10)15/h1-4H,(H,16,19). The number of aromatic nitrogens is 2. The van der Waals surface area contributed by atoms with E-state index in [9.17, 15) is 4.79 Å². The van der Waals surface area contributed by atoms with Crippen molar-refractivity contribution in [3.05, 3.63) is 45.8 Å². The van der Waals surface area contributed by atoms with Gasteiger partial charge in [-0.2, -0.15) is 0 Å².